The van der Waals surface area contributed by atoms with E-state index in [9.17, 15) is 13.2 Å². The maximum Gasteiger partial charge on any atom is 0.260 e. The monoisotopic (exact) mass is 370 g/mol. The van der Waals surface area contributed by atoms with E-state index in [1.807, 2.05) is 0 Å². The number of hydrogen-bond acceptors (Lipinski definition) is 6. The summed E-state index contributed by atoms with van der Waals surface area (Å²) in [5.74, 6) is -0.685. The molecule has 0 aliphatic rings. The summed E-state index contributed by atoms with van der Waals surface area (Å²) >= 11 is 6.02. The molecular weight excluding hydrogens is 356 g/mol. The molecule has 1 aromatic heterocycles. The van der Waals surface area contributed by atoms with Crippen LogP contribution in [0.25, 0.3) is 0 Å². The van der Waals surface area contributed by atoms with Crippen LogP contribution in [0.15, 0.2) is 39.8 Å². The lowest BCUT2D eigenvalue weighted by molar-refractivity contribution is 0.0977. The Bertz CT molecular complexity index is 878. The number of rotatable bonds is 5. The third-order valence-corrected chi connectivity index (χ3v) is 4.56. The highest BCUT2D eigenvalue weighted by molar-refractivity contribution is 7.90. The van der Waals surface area contributed by atoms with Gasteiger partial charge in [0.15, 0.2) is 15.8 Å². The molecule has 0 saturated carbocycles. The molecule has 0 bridgehead atoms. The average molecular weight is 371 g/mol. The van der Waals surface area contributed by atoms with Gasteiger partial charge < -0.3 is 15.5 Å². The molecule has 1 amide bonds. The number of halogens is 1. The molecule has 5 N–H and O–H groups in total. The van der Waals surface area contributed by atoms with Crippen molar-refractivity contribution in [1.82, 2.24) is 5.32 Å². The van der Waals surface area contributed by atoms with Crippen LogP contribution in [-0.2, 0) is 16.4 Å². The first-order valence-electron chi connectivity index (χ1n) is 6.63. The van der Waals surface area contributed by atoms with E-state index in [1.165, 1.54) is 12.3 Å². The van der Waals surface area contributed by atoms with Gasteiger partial charge in [0.2, 0.25) is 0 Å². The molecule has 8 nitrogen and oxygen atoms in total. The van der Waals surface area contributed by atoms with Crippen molar-refractivity contribution in [2.24, 2.45) is 5.73 Å². The van der Waals surface area contributed by atoms with E-state index in [2.05, 4.69) is 10.6 Å². The van der Waals surface area contributed by atoms with E-state index >= 15 is 0 Å². The van der Waals surface area contributed by atoms with Gasteiger partial charge >= 0.3 is 0 Å². The van der Waals surface area contributed by atoms with Gasteiger partial charge in [-0.25, -0.2) is 8.42 Å². The minimum absolute atomic E-state index is 0.0124. The number of benzene rings is 1. The molecule has 24 heavy (non-hydrogen) atoms. The number of nitrogens with two attached hydrogens (primary N) is 1. The van der Waals surface area contributed by atoms with Gasteiger partial charge in [0.25, 0.3) is 5.91 Å². The fraction of sp³-hybridized carbons (Fsp3) is 0.143. The van der Waals surface area contributed by atoms with E-state index in [1.54, 1.807) is 12.1 Å². The molecule has 0 radical (unpaired) electrons. The van der Waals surface area contributed by atoms with E-state index in [4.69, 9.17) is 27.2 Å². The zero-order chi connectivity index (χ0) is 17.9. The number of furan rings is 1. The maximum atomic E-state index is 12.2. The minimum atomic E-state index is -3.64. The number of sulfone groups is 1. The second kappa shape index (κ2) is 6.93. The molecular formula is C14H15ClN4O4S. The van der Waals surface area contributed by atoms with Crippen molar-refractivity contribution in [3.63, 3.8) is 0 Å². The molecule has 10 heteroatoms. The number of anilines is 1. The lowest BCUT2D eigenvalue weighted by Crippen LogP contribution is -2.36. The van der Waals surface area contributed by atoms with Gasteiger partial charge in [0.05, 0.1) is 28.3 Å². The van der Waals surface area contributed by atoms with Crippen LogP contribution in [0, 0.1) is 5.41 Å². The Morgan fingerprint density at radius 3 is 2.67 bits per heavy atom. The lowest BCUT2D eigenvalue weighted by Gasteiger charge is -2.14. The first kappa shape index (κ1) is 17.8. The highest BCUT2D eigenvalue weighted by Gasteiger charge is 2.20. The van der Waals surface area contributed by atoms with Crippen LogP contribution >= 0.6 is 11.6 Å². The molecule has 0 spiro atoms. The summed E-state index contributed by atoms with van der Waals surface area (Å²) in [6, 6.07) is 5.91. The van der Waals surface area contributed by atoms with Gasteiger partial charge in [-0.3, -0.25) is 15.5 Å². The molecule has 1 aromatic carbocycles. The van der Waals surface area contributed by atoms with Crippen molar-refractivity contribution < 1.29 is 17.6 Å². The number of carbonyl (C=O) groups is 1. The van der Waals surface area contributed by atoms with Crippen molar-refractivity contribution in [3.05, 3.63) is 46.9 Å². The zero-order valence-corrected chi connectivity index (χ0v) is 14.2. The third-order valence-electron chi connectivity index (χ3n) is 3.00. The summed E-state index contributed by atoms with van der Waals surface area (Å²) in [5.41, 5.74) is 5.42. The van der Waals surface area contributed by atoms with Gasteiger partial charge in [-0.05, 0) is 24.3 Å². The van der Waals surface area contributed by atoms with Crippen LogP contribution in [0.1, 0.15) is 16.1 Å². The first-order valence-corrected chi connectivity index (χ1v) is 8.90. The largest absolute Gasteiger partial charge is 0.467 e. The topological polar surface area (TPSA) is 138 Å². The van der Waals surface area contributed by atoms with Crippen molar-refractivity contribution >= 4 is 39.0 Å². The van der Waals surface area contributed by atoms with E-state index in [0.717, 1.165) is 12.3 Å². The number of guanidine groups is 1. The van der Waals surface area contributed by atoms with Crippen LogP contribution in [0.3, 0.4) is 0 Å². The van der Waals surface area contributed by atoms with E-state index in [-0.39, 0.29) is 27.7 Å². The van der Waals surface area contributed by atoms with E-state index < -0.39 is 21.7 Å². The third kappa shape index (κ3) is 4.27. The molecule has 128 valence electrons. The van der Waals surface area contributed by atoms with Crippen LogP contribution in [-0.4, -0.2) is 26.5 Å². The second-order valence-corrected chi connectivity index (χ2v) is 7.29. The fourth-order valence-electron chi connectivity index (χ4n) is 1.96. The summed E-state index contributed by atoms with van der Waals surface area (Å²) in [7, 11) is -3.64. The van der Waals surface area contributed by atoms with Crippen molar-refractivity contribution in [3.8, 4) is 0 Å². The van der Waals surface area contributed by atoms with Crippen molar-refractivity contribution in [2.75, 3.05) is 11.6 Å². The summed E-state index contributed by atoms with van der Waals surface area (Å²) in [5, 5.41) is 12.2. The van der Waals surface area contributed by atoms with Crippen molar-refractivity contribution in [1.29, 1.82) is 5.41 Å². The predicted molar refractivity (Wildman–Crippen MR) is 90.0 cm³/mol. The standard InChI is InChI=1S/C14H15ClN4O4S/c1-24(21,22)12-5-9(13(20)19-14(16)17)11(6-10(12)15)18-7-8-3-2-4-23-8/h2-6,18H,7H2,1H3,(H4,16,17,19,20). The average Bonchev–Trinajstić information content (AvgIpc) is 2.96. The molecule has 0 aliphatic heterocycles. The second-order valence-electron chi connectivity index (χ2n) is 4.90. The molecule has 0 saturated heterocycles. The molecule has 1 heterocycles. The van der Waals surface area contributed by atoms with Crippen LogP contribution < -0.4 is 16.4 Å². The number of amides is 1. The van der Waals surface area contributed by atoms with E-state index in [0.29, 0.717) is 5.76 Å². The molecule has 2 aromatic rings. The van der Waals surface area contributed by atoms with Gasteiger partial charge in [-0.15, -0.1) is 0 Å². The maximum absolute atomic E-state index is 12.2. The summed E-state index contributed by atoms with van der Waals surface area (Å²) in [4.78, 5) is 12.0. The minimum Gasteiger partial charge on any atom is -0.467 e. The Morgan fingerprint density at radius 1 is 1.42 bits per heavy atom. The lowest BCUT2D eigenvalue weighted by atomic mass is 10.1. The van der Waals surface area contributed by atoms with Crippen molar-refractivity contribution in [2.45, 2.75) is 11.4 Å². The Labute approximate surface area is 143 Å². The SMILES string of the molecule is CS(=O)(=O)c1cc(C(=O)NC(=N)N)c(NCc2ccco2)cc1Cl. The number of hydrogen-bond donors (Lipinski definition) is 4. The predicted octanol–water partition coefficient (Wildman–Crippen LogP) is 1.57. The Balaban J connectivity index is 2.44. The summed E-state index contributed by atoms with van der Waals surface area (Å²) in [6.07, 6.45) is 2.48. The summed E-state index contributed by atoms with van der Waals surface area (Å²) < 4.78 is 28.8. The quantitative estimate of drug-likeness (QED) is 0.465. The molecule has 0 aliphatic carbocycles. The molecule has 0 atom stereocenters. The van der Waals surface area contributed by atoms with Crippen LogP contribution in [0.5, 0.6) is 0 Å². The zero-order valence-electron chi connectivity index (χ0n) is 12.6. The van der Waals surface area contributed by atoms with Gasteiger partial charge in [0.1, 0.15) is 5.76 Å². The summed E-state index contributed by atoms with van der Waals surface area (Å²) in [6.45, 7) is 0.252. The van der Waals surface area contributed by atoms with Gasteiger partial charge in [-0.1, -0.05) is 11.6 Å². The van der Waals surface area contributed by atoms with Crippen LogP contribution in [0.2, 0.25) is 5.02 Å². The first-order chi connectivity index (χ1) is 11.2. The highest BCUT2D eigenvalue weighted by atomic mass is 35.5. The smallest absolute Gasteiger partial charge is 0.260 e. The van der Waals surface area contributed by atoms with Gasteiger partial charge in [0, 0.05) is 11.9 Å². The molecule has 2 rings (SSSR count). The number of nitrogens with one attached hydrogen (secondary N) is 3. The number of carbonyl (C=O) groups excluding carboxylic acids is 1. The Kier molecular flexibility index (Phi) is 5.15. The Hall–Kier alpha value is -2.52. The highest BCUT2D eigenvalue weighted by Crippen LogP contribution is 2.29. The molecule has 0 fully saturated rings. The molecule has 0 unspecified atom stereocenters. The van der Waals surface area contributed by atoms with Gasteiger partial charge in [-0.2, -0.15) is 0 Å². The van der Waals surface area contributed by atoms with Crippen LogP contribution in [0.4, 0.5) is 5.69 Å². The Morgan fingerprint density at radius 2 is 2.12 bits per heavy atom. The fourth-order valence-corrected chi connectivity index (χ4v) is 3.29. The normalized spacial score (nSPS) is 11.1.